The van der Waals surface area contributed by atoms with Crippen molar-refractivity contribution in [3.63, 3.8) is 0 Å². The molecule has 1 N–H and O–H groups in total. The van der Waals surface area contributed by atoms with Gasteiger partial charge in [-0.2, -0.15) is 0 Å². The fraction of sp³-hybridized carbons (Fsp3) is 0.771. The molecular weight excluding hydrogens is 769 g/mol. The Kier molecular flexibility index (Phi) is 15.0. The maximum atomic E-state index is 14.3. The van der Waals surface area contributed by atoms with Crippen molar-refractivity contribution in [1.29, 1.82) is 0 Å². The normalized spacial score (nSPS) is 47.9. The molecule has 4 saturated heterocycles. The van der Waals surface area contributed by atoms with Crippen LogP contribution in [0, 0.1) is 29.6 Å². The number of aliphatic hydroxyl groups excluding tert-OH is 1. The summed E-state index contributed by atoms with van der Waals surface area (Å²) in [6.07, 6.45) is 14.6. The highest BCUT2D eigenvalue weighted by atomic mass is 16.7. The van der Waals surface area contributed by atoms with Gasteiger partial charge in [-0.25, -0.2) is 0 Å². The van der Waals surface area contributed by atoms with E-state index in [4.69, 9.17) is 47.4 Å². The molecule has 1 aliphatic carbocycles. The van der Waals surface area contributed by atoms with Crippen LogP contribution in [0.5, 0.6) is 0 Å². The number of hydrogen-bond donors (Lipinski definition) is 1. The van der Waals surface area contributed by atoms with Gasteiger partial charge in [0, 0.05) is 57.7 Å². The van der Waals surface area contributed by atoms with Crippen molar-refractivity contribution in [3.05, 3.63) is 59.3 Å². The number of aliphatic hydroxyl groups is 1. The first-order chi connectivity index (χ1) is 28.7. The van der Waals surface area contributed by atoms with E-state index in [2.05, 4.69) is 52.8 Å². The van der Waals surface area contributed by atoms with E-state index in [-0.39, 0.29) is 72.6 Å². The second-order valence-corrected chi connectivity index (χ2v) is 18.7. The number of methoxy groups -OCH3 is 2. The minimum atomic E-state index is -1.03. The van der Waals surface area contributed by atoms with Gasteiger partial charge < -0.3 is 52.5 Å². The predicted molar refractivity (Wildman–Crippen MR) is 224 cm³/mol. The summed E-state index contributed by atoms with van der Waals surface area (Å²) in [4.78, 5) is 14.3. The minimum Gasteiger partial charge on any atom is -0.462 e. The maximum Gasteiger partial charge on any atom is 0.313 e. The summed E-state index contributed by atoms with van der Waals surface area (Å²) in [5.41, 5.74) is 2.70. The quantitative estimate of drug-likeness (QED) is 0.195. The predicted octanol–water partition coefficient (Wildman–Crippen LogP) is 7.29. The van der Waals surface area contributed by atoms with Crippen LogP contribution in [0.1, 0.15) is 100 Å². The molecule has 60 heavy (non-hydrogen) atoms. The third-order valence-corrected chi connectivity index (χ3v) is 14.2. The molecule has 7 aliphatic rings. The Morgan fingerprint density at radius 3 is 2.45 bits per heavy atom. The van der Waals surface area contributed by atoms with E-state index in [1.807, 2.05) is 45.1 Å². The van der Waals surface area contributed by atoms with Gasteiger partial charge in [0.1, 0.15) is 18.3 Å². The molecule has 6 aliphatic heterocycles. The standard InChI is InChI=1S/C48H72O12/c1-11-26(2)44-29(5)17-18-48(60-44)24-36-21-34(59-48)16-15-28(4)43(27(3)13-12-14-33-25-53-46-41(33)37(47(50)56-36)19-30(6)42(46)49)57-40-23-38(52-10)45(32(8)55-40)58-39-22-35(51-9)20-31(7)54-39/h12-15,17-19,26-27,29,31-32,34-46,49H,11,16,20-25H2,1-10H3/b13-12+,28-15+,33-14+/t26?,27-,29-,31?,32?,34?,35?,36?,37+,38?,39?,40?,41?,42?,43?,44?,45?,46?,48?/m0/s1. The lowest BCUT2D eigenvalue weighted by atomic mass is 9.75. The van der Waals surface area contributed by atoms with Crippen molar-refractivity contribution in [2.45, 2.75) is 186 Å². The Balaban J connectivity index is 1.17. The third-order valence-electron chi connectivity index (χ3n) is 14.2. The monoisotopic (exact) mass is 841 g/mol. The second-order valence-electron chi connectivity index (χ2n) is 18.7. The first-order valence-electron chi connectivity index (χ1n) is 22.7. The Bertz CT molecular complexity index is 1640. The van der Waals surface area contributed by atoms with Crippen molar-refractivity contribution < 1.29 is 57.3 Å². The Hall–Kier alpha value is -2.23. The Morgan fingerprint density at radius 1 is 0.917 bits per heavy atom. The highest BCUT2D eigenvalue weighted by Crippen LogP contribution is 2.45. The first kappa shape index (κ1) is 45.8. The summed E-state index contributed by atoms with van der Waals surface area (Å²) in [5.74, 6) is -1.84. The molecule has 0 radical (unpaired) electrons. The topological polar surface area (TPSA) is 130 Å². The van der Waals surface area contributed by atoms with Crippen LogP contribution in [0.2, 0.25) is 0 Å². The molecule has 2 bridgehead atoms. The van der Waals surface area contributed by atoms with Crippen LogP contribution in [0.15, 0.2) is 59.3 Å². The van der Waals surface area contributed by atoms with Crippen LogP contribution < -0.4 is 0 Å². The summed E-state index contributed by atoms with van der Waals surface area (Å²) in [6.45, 7) is 17.0. The lowest BCUT2D eigenvalue weighted by Crippen LogP contribution is -2.53. The number of carbonyl (C=O) groups is 1. The molecule has 1 spiro atoms. The first-order valence-corrected chi connectivity index (χ1v) is 22.7. The van der Waals surface area contributed by atoms with Crippen molar-refractivity contribution in [2.24, 2.45) is 29.6 Å². The average Bonchev–Trinajstić information content (AvgIpc) is 3.65. The van der Waals surface area contributed by atoms with Crippen molar-refractivity contribution in [2.75, 3.05) is 20.8 Å². The molecule has 4 fully saturated rings. The number of ether oxygens (including phenoxy) is 10. The van der Waals surface area contributed by atoms with Gasteiger partial charge in [-0.05, 0) is 69.2 Å². The SMILES string of the molecule is CCC(C)C1OC2(C=C[C@@H]1C)CC1CC(C/C=C(\C)C(OC3CC(OC)C(OC4CC(OC)CC(C)O4)C(C)O3)[C@@H](C)/C=C/C=C3\COC4C(O)C(C)=C[C@@H](C(=O)O1)C34)O2. The third kappa shape index (κ3) is 10.1. The van der Waals surface area contributed by atoms with Crippen LogP contribution in [-0.4, -0.2) is 117 Å². The zero-order valence-electron chi connectivity index (χ0n) is 37.5. The maximum absolute atomic E-state index is 14.3. The van der Waals surface area contributed by atoms with Gasteiger partial charge in [0.05, 0.1) is 61.4 Å². The van der Waals surface area contributed by atoms with Crippen molar-refractivity contribution >= 4 is 5.97 Å². The van der Waals surface area contributed by atoms with Gasteiger partial charge in [-0.3, -0.25) is 4.79 Å². The molecule has 0 aromatic rings. The second kappa shape index (κ2) is 19.7. The highest BCUT2D eigenvalue weighted by Gasteiger charge is 2.51. The fourth-order valence-electron chi connectivity index (χ4n) is 10.5. The van der Waals surface area contributed by atoms with Crippen molar-refractivity contribution in [1.82, 2.24) is 0 Å². The van der Waals surface area contributed by atoms with Crippen LogP contribution in [0.25, 0.3) is 0 Å². The van der Waals surface area contributed by atoms with Gasteiger partial charge in [-0.1, -0.05) is 70.6 Å². The summed E-state index contributed by atoms with van der Waals surface area (Å²) in [5, 5.41) is 11.2. The fourth-order valence-corrected chi connectivity index (χ4v) is 10.5. The number of carbonyl (C=O) groups excluding carboxylic acids is 1. The average molecular weight is 841 g/mol. The van der Waals surface area contributed by atoms with E-state index < -0.39 is 42.6 Å². The Labute approximate surface area is 357 Å². The van der Waals surface area contributed by atoms with Crippen molar-refractivity contribution in [3.8, 4) is 0 Å². The molecule has 7 rings (SSSR count). The van der Waals surface area contributed by atoms with Gasteiger partial charge in [0.2, 0.25) is 0 Å². The van der Waals surface area contributed by atoms with Gasteiger partial charge in [0.25, 0.3) is 0 Å². The van der Waals surface area contributed by atoms with Crippen LogP contribution >= 0.6 is 0 Å². The van der Waals surface area contributed by atoms with Gasteiger partial charge >= 0.3 is 5.97 Å². The summed E-state index contributed by atoms with van der Waals surface area (Å²) < 4.78 is 64.5. The molecule has 336 valence electrons. The number of allylic oxidation sites excluding steroid dienone is 2. The Morgan fingerprint density at radius 2 is 1.70 bits per heavy atom. The van der Waals surface area contributed by atoms with Gasteiger partial charge in [-0.15, -0.1) is 0 Å². The molecule has 6 heterocycles. The summed E-state index contributed by atoms with van der Waals surface area (Å²) in [7, 11) is 3.44. The largest absolute Gasteiger partial charge is 0.462 e. The number of esters is 1. The van der Waals surface area contributed by atoms with E-state index in [1.54, 1.807) is 14.2 Å². The lowest BCUT2D eigenvalue weighted by Gasteiger charge is -2.48. The van der Waals surface area contributed by atoms with E-state index in [0.717, 1.165) is 24.0 Å². The van der Waals surface area contributed by atoms with Crippen LogP contribution in [-0.2, 0) is 52.2 Å². The molecular formula is C48H72O12. The molecule has 12 nitrogen and oxygen atoms in total. The number of hydrogen-bond acceptors (Lipinski definition) is 12. The zero-order valence-corrected chi connectivity index (χ0v) is 37.5. The molecule has 19 atom stereocenters. The smallest absolute Gasteiger partial charge is 0.313 e. The zero-order chi connectivity index (χ0) is 42.9. The van der Waals surface area contributed by atoms with E-state index >= 15 is 0 Å². The molecule has 12 heteroatoms. The number of rotatable bonds is 8. The summed E-state index contributed by atoms with van der Waals surface area (Å²) >= 11 is 0. The van der Waals surface area contributed by atoms with E-state index in [1.165, 1.54) is 0 Å². The van der Waals surface area contributed by atoms with Gasteiger partial charge in [0.15, 0.2) is 18.4 Å². The number of fused-ring (bicyclic) bond motifs is 2. The molecule has 0 aromatic heterocycles. The minimum absolute atomic E-state index is 0.0240. The molecule has 0 aromatic carbocycles. The van der Waals surface area contributed by atoms with Crippen LogP contribution in [0.4, 0.5) is 0 Å². The molecule has 0 amide bonds. The van der Waals surface area contributed by atoms with E-state index in [0.29, 0.717) is 50.2 Å². The van der Waals surface area contributed by atoms with E-state index in [9.17, 15) is 9.90 Å². The highest BCUT2D eigenvalue weighted by molar-refractivity contribution is 5.76. The van der Waals surface area contributed by atoms with Crippen LogP contribution in [0.3, 0.4) is 0 Å². The lowest BCUT2D eigenvalue weighted by molar-refractivity contribution is -0.309. The molecule has 0 saturated carbocycles. The summed E-state index contributed by atoms with van der Waals surface area (Å²) in [6, 6.07) is 0. The molecule has 16 unspecified atom stereocenters.